The van der Waals surface area contributed by atoms with Crippen molar-refractivity contribution in [1.29, 1.82) is 0 Å². The van der Waals surface area contributed by atoms with E-state index in [0.717, 1.165) is 5.56 Å². The van der Waals surface area contributed by atoms with E-state index in [0.29, 0.717) is 30.2 Å². The Kier molecular flexibility index (Phi) is 4.46. The lowest BCUT2D eigenvalue weighted by atomic mass is 10.1. The van der Waals surface area contributed by atoms with Crippen LogP contribution in [0.5, 0.6) is 17.2 Å². The molecule has 0 N–H and O–H groups in total. The minimum atomic E-state index is 0.416. The maximum atomic E-state index is 6.80. The summed E-state index contributed by atoms with van der Waals surface area (Å²) in [6.07, 6.45) is 0.611. The Hall–Kier alpha value is -1.89. The Morgan fingerprint density at radius 3 is 2.00 bits per heavy atom. The van der Waals surface area contributed by atoms with Crippen molar-refractivity contribution in [3.63, 3.8) is 0 Å². The monoisotopic (exact) mass is 221 g/mol. The third kappa shape index (κ3) is 2.57. The molecule has 86 valence electrons. The second-order valence-corrected chi connectivity index (χ2v) is 3.14. The van der Waals surface area contributed by atoms with Crippen LogP contribution in [-0.4, -0.2) is 27.9 Å². The number of ether oxygens (including phenoxy) is 3. The van der Waals surface area contributed by atoms with Crippen LogP contribution in [0.4, 0.5) is 0 Å². The molecule has 0 bridgehead atoms. The maximum Gasteiger partial charge on any atom is 0.218 e. The molecule has 0 aliphatic heterocycles. The third-order valence-electron chi connectivity index (χ3n) is 2.29. The van der Waals surface area contributed by atoms with E-state index >= 15 is 0 Å². The summed E-state index contributed by atoms with van der Waals surface area (Å²) in [5.41, 5.74) is 0.904. The molecule has 16 heavy (non-hydrogen) atoms. The van der Waals surface area contributed by atoms with Crippen molar-refractivity contribution in [1.82, 2.24) is 0 Å². The van der Waals surface area contributed by atoms with Crippen molar-refractivity contribution in [2.45, 2.75) is 6.42 Å². The quantitative estimate of drug-likeness (QED) is 0.714. The number of nitrogens with zero attached hydrogens (tertiary/aromatic N) is 1. The summed E-state index contributed by atoms with van der Waals surface area (Å²) in [4.78, 5) is 3.33. The van der Waals surface area contributed by atoms with Crippen LogP contribution in [0, 0.1) is 6.57 Å². The molecule has 0 aliphatic carbocycles. The molecule has 0 heterocycles. The van der Waals surface area contributed by atoms with Gasteiger partial charge in [0.1, 0.15) is 17.2 Å². The fourth-order valence-corrected chi connectivity index (χ4v) is 1.49. The molecule has 0 aromatic heterocycles. The van der Waals surface area contributed by atoms with E-state index < -0.39 is 0 Å². The van der Waals surface area contributed by atoms with E-state index in [1.807, 2.05) is 0 Å². The lowest BCUT2D eigenvalue weighted by molar-refractivity contribution is 0.369. The van der Waals surface area contributed by atoms with Gasteiger partial charge in [-0.25, -0.2) is 6.57 Å². The van der Waals surface area contributed by atoms with Crippen molar-refractivity contribution < 1.29 is 14.2 Å². The smallest absolute Gasteiger partial charge is 0.218 e. The number of hydrogen-bond acceptors (Lipinski definition) is 3. The van der Waals surface area contributed by atoms with Crippen LogP contribution < -0.4 is 14.2 Å². The Labute approximate surface area is 95.6 Å². The van der Waals surface area contributed by atoms with Crippen LogP contribution >= 0.6 is 0 Å². The van der Waals surface area contributed by atoms with Crippen LogP contribution in [0.25, 0.3) is 4.85 Å². The Balaban J connectivity index is 3.15. The van der Waals surface area contributed by atoms with Gasteiger partial charge in [0.15, 0.2) is 0 Å². The first-order valence-corrected chi connectivity index (χ1v) is 4.89. The molecular formula is C12H15NO3. The predicted octanol–water partition coefficient (Wildman–Crippen LogP) is 2.17. The standard InChI is InChI=1S/C12H15NO3/c1-13-6-5-10-11(15-3)7-9(14-2)8-12(10)16-4/h7-8H,5-6H2,2-4H3. The predicted molar refractivity (Wildman–Crippen MR) is 61.3 cm³/mol. The van der Waals surface area contributed by atoms with Gasteiger partial charge in [-0.2, -0.15) is 0 Å². The summed E-state index contributed by atoms with van der Waals surface area (Å²) < 4.78 is 15.7. The first-order chi connectivity index (χ1) is 7.76. The van der Waals surface area contributed by atoms with Crippen molar-refractivity contribution >= 4 is 0 Å². The highest BCUT2D eigenvalue weighted by molar-refractivity contribution is 5.50. The molecule has 0 fully saturated rings. The Morgan fingerprint density at radius 1 is 1.06 bits per heavy atom. The number of hydrogen-bond donors (Lipinski definition) is 0. The highest BCUT2D eigenvalue weighted by Crippen LogP contribution is 2.34. The molecular weight excluding hydrogens is 206 g/mol. The number of benzene rings is 1. The van der Waals surface area contributed by atoms with Crippen LogP contribution in [-0.2, 0) is 6.42 Å². The van der Waals surface area contributed by atoms with E-state index in [2.05, 4.69) is 4.85 Å². The van der Waals surface area contributed by atoms with Crippen LogP contribution in [0.3, 0.4) is 0 Å². The van der Waals surface area contributed by atoms with Crippen molar-refractivity contribution in [2.24, 2.45) is 0 Å². The topological polar surface area (TPSA) is 32.0 Å². The van der Waals surface area contributed by atoms with Gasteiger partial charge in [-0.3, -0.25) is 0 Å². The molecule has 0 unspecified atom stereocenters. The summed E-state index contributed by atoms with van der Waals surface area (Å²) in [5.74, 6) is 2.07. The van der Waals surface area contributed by atoms with E-state index in [-0.39, 0.29) is 0 Å². The molecule has 0 atom stereocenters. The summed E-state index contributed by atoms with van der Waals surface area (Å²) in [5, 5.41) is 0. The molecule has 0 spiro atoms. The maximum absolute atomic E-state index is 6.80. The summed E-state index contributed by atoms with van der Waals surface area (Å²) >= 11 is 0. The van der Waals surface area contributed by atoms with E-state index in [1.165, 1.54) is 0 Å². The largest absolute Gasteiger partial charge is 0.496 e. The zero-order valence-corrected chi connectivity index (χ0v) is 9.74. The van der Waals surface area contributed by atoms with Gasteiger partial charge in [0.25, 0.3) is 0 Å². The fourth-order valence-electron chi connectivity index (χ4n) is 1.49. The highest BCUT2D eigenvalue weighted by atomic mass is 16.5. The fraction of sp³-hybridized carbons (Fsp3) is 0.417. The minimum absolute atomic E-state index is 0.416. The normalized spacial score (nSPS) is 9.38. The Bertz CT molecular complexity index is 371. The molecule has 0 amide bonds. The molecule has 4 heteroatoms. The van der Waals surface area contributed by atoms with E-state index in [9.17, 15) is 0 Å². The summed E-state index contributed by atoms with van der Waals surface area (Å²) in [6.45, 7) is 7.22. The second-order valence-electron chi connectivity index (χ2n) is 3.14. The minimum Gasteiger partial charge on any atom is -0.496 e. The average Bonchev–Trinajstić information content (AvgIpc) is 2.35. The molecule has 0 saturated carbocycles. The first-order valence-electron chi connectivity index (χ1n) is 4.89. The van der Waals surface area contributed by atoms with Gasteiger partial charge in [0.05, 0.1) is 27.8 Å². The van der Waals surface area contributed by atoms with Crippen LogP contribution in [0.1, 0.15) is 5.56 Å². The summed E-state index contributed by atoms with van der Waals surface area (Å²) in [7, 11) is 4.78. The third-order valence-corrected chi connectivity index (χ3v) is 2.29. The Morgan fingerprint density at radius 2 is 1.62 bits per heavy atom. The lowest BCUT2D eigenvalue weighted by Crippen LogP contribution is -1.99. The van der Waals surface area contributed by atoms with Gasteiger partial charge in [0, 0.05) is 17.7 Å². The molecule has 1 aromatic rings. The highest BCUT2D eigenvalue weighted by Gasteiger charge is 2.13. The second kappa shape index (κ2) is 5.86. The van der Waals surface area contributed by atoms with Crippen LogP contribution in [0.2, 0.25) is 0 Å². The van der Waals surface area contributed by atoms with Crippen LogP contribution in [0.15, 0.2) is 12.1 Å². The van der Waals surface area contributed by atoms with E-state index in [1.54, 1.807) is 33.5 Å². The molecule has 0 radical (unpaired) electrons. The molecule has 0 saturated heterocycles. The van der Waals surface area contributed by atoms with E-state index in [4.69, 9.17) is 20.8 Å². The molecule has 1 aromatic carbocycles. The molecule has 4 nitrogen and oxygen atoms in total. The van der Waals surface area contributed by atoms with Gasteiger partial charge in [-0.15, -0.1) is 0 Å². The SMILES string of the molecule is [C-]#[N+]CCc1c(OC)cc(OC)cc1OC. The molecule has 1 rings (SSSR count). The lowest BCUT2D eigenvalue weighted by Gasteiger charge is -2.13. The van der Waals surface area contributed by atoms with Gasteiger partial charge >= 0.3 is 0 Å². The molecule has 0 aliphatic rings. The zero-order chi connectivity index (χ0) is 12.0. The first kappa shape index (κ1) is 12.2. The van der Waals surface area contributed by atoms with Gasteiger partial charge < -0.3 is 19.1 Å². The van der Waals surface area contributed by atoms with Gasteiger partial charge in [0.2, 0.25) is 6.54 Å². The average molecular weight is 221 g/mol. The van der Waals surface area contributed by atoms with Gasteiger partial charge in [-0.1, -0.05) is 0 Å². The summed E-state index contributed by atoms with van der Waals surface area (Å²) in [6, 6.07) is 3.59. The van der Waals surface area contributed by atoms with Gasteiger partial charge in [-0.05, 0) is 0 Å². The van der Waals surface area contributed by atoms with Crippen molar-refractivity contribution in [2.75, 3.05) is 27.9 Å². The number of rotatable bonds is 5. The van der Waals surface area contributed by atoms with Crippen molar-refractivity contribution in [3.8, 4) is 17.2 Å². The van der Waals surface area contributed by atoms with Crippen molar-refractivity contribution in [3.05, 3.63) is 29.1 Å². The zero-order valence-electron chi connectivity index (χ0n) is 9.74. The number of methoxy groups -OCH3 is 3.